The molecule has 19 heavy (non-hydrogen) atoms. The summed E-state index contributed by atoms with van der Waals surface area (Å²) in [6, 6.07) is 16.0. The summed E-state index contributed by atoms with van der Waals surface area (Å²) < 4.78 is 3.03. The summed E-state index contributed by atoms with van der Waals surface area (Å²) in [5.74, 6) is 0. The average molecular weight is 365 g/mol. The number of rotatable bonds is 2. The van der Waals surface area contributed by atoms with Crippen LogP contribution in [0.5, 0.6) is 0 Å². The lowest BCUT2D eigenvalue weighted by Crippen LogP contribution is -3.61. The number of benzene rings is 2. The van der Waals surface area contributed by atoms with Crippen molar-refractivity contribution in [2.45, 2.75) is 40.0 Å². The first-order chi connectivity index (χ1) is 8.86. The van der Waals surface area contributed by atoms with Crippen LogP contribution in [-0.4, -0.2) is 0 Å². The van der Waals surface area contributed by atoms with E-state index >= 15 is 0 Å². The number of halogens is 1. The lowest BCUT2D eigenvalue weighted by molar-refractivity contribution is -0.598. The molecule has 0 aliphatic carbocycles. The van der Waals surface area contributed by atoms with Gasteiger partial charge in [-0.25, -0.2) is 0 Å². The molecule has 0 unspecified atom stereocenters. The summed E-state index contributed by atoms with van der Waals surface area (Å²) in [6.07, 6.45) is 0. The van der Waals surface area contributed by atoms with Crippen molar-refractivity contribution in [1.82, 2.24) is 0 Å². The van der Waals surface area contributed by atoms with Crippen LogP contribution in [0, 0.1) is 21.0 Å². The van der Waals surface area contributed by atoms with Crippen molar-refractivity contribution in [2.75, 3.05) is 0 Å². The highest BCUT2D eigenvalue weighted by molar-refractivity contribution is 5.27. The molecule has 0 aromatic heterocycles. The van der Waals surface area contributed by atoms with Crippen LogP contribution in [0.2, 0.25) is 0 Å². The van der Waals surface area contributed by atoms with E-state index in [1.165, 1.54) is 23.8 Å². The minimum atomic E-state index is -0.0553. The minimum absolute atomic E-state index is 0.0553. The Morgan fingerprint density at radius 3 is 2.00 bits per heavy atom. The molecular weight excluding hydrogens is 343 g/mol. The summed E-state index contributed by atoms with van der Waals surface area (Å²) in [5.41, 5.74) is 4.46. The molecule has 0 fully saturated rings. The zero-order valence-electron chi connectivity index (χ0n) is 12.4. The topological polar surface area (TPSA) is 0 Å². The molecule has 2 aromatic rings. The second-order valence-corrected chi connectivity index (χ2v) is 9.05. The molecule has 0 saturated carbocycles. The highest BCUT2D eigenvalue weighted by atomic mass is 127. The van der Waals surface area contributed by atoms with Gasteiger partial charge in [0.05, 0.1) is 0 Å². The normalized spacial score (nSPS) is 11.6. The van der Waals surface area contributed by atoms with Gasteiger partial charge in [-0.15, -0.1) is 0 Å². The predicted octanol–water partition coefficient (Wildman–Crippen LogP) is 1.73. The summed E-state index contributed by atoms with van der Waals surface area (Å²) in [7, 11) is 0. The first-order valence-electron chi connectivity index (χ1n) is 6.69. The maximum Gasteiger partial charge on any atom is 0.358 e. The third-order valence-electron chi connectivity index (χ3n) is 3.25. The van der Waals surface area contributed by atoms with Crippen LogP contribution in [0.15, 0.2) is 42.5 Å². The zero-order valence-corrected chi connectivity index (χ0v) is 14.6. The molecule has 0 amide bonds. The molecule has 0 bridgehead atoms. The molecular formula is C18H22I+. The Kier molecular flexibility index (Phi) is 4.34. The number of hydrogen-bond donors (Lipinski definition) is 0. The molecule has 0 aliphatic rings. The lowest BCUT2D eigenvalue weighted by atomic mass is 9.86. The standard InChI is InChI=1S/C18H22I/c1-13-6-9-16(10-7-13)19-17-11-8-15(12-14(17)2)18(3,4)5/h6-12H,1-5H3/q+1. The SMILES string of the molecule is Cc1ccc([I+]c2ccc(C(C)(C)C)cc2C)cc1. The van der Waals surface area contributed by atoms with Gasteiger partial charge in [-0.1, -0.05) is 50.6 Å². The van der Waals surface area contributed by atoms with Crippen molar-refractivity contribution >= 4 is 0 Å². The molecule has 0 heterocycles. The fourth-order valence-electron chi connectivity index (χ4n) is 1.93. The monoisotopic (exact) mass is 365 g/mol. The van der Waals surface area contributed by atoms with E-state index in [9.17, 15) is 0 Å². The number of hydrogen-bond acceptors (Lipinski definition) is 0. The van der Waals surface area contributed by atoms with Gasteiger partial charge in [-0.05, 0) is 43.0 Å². The Morgan fingerprint density at radius 2 is 1.47 bits per heavy atom. The molecule has 0 aliphatic heterocycles. The van der Waals surface area contributed by atoms with Gasteiger partial charge in [-0.3, -0.25) is 0 Å². The Labute approximate surface area is 127 Å². The van der Waals surface area contributed by atoms with E-state index in [-0.39, 0.29) is 26.6 Å². The van der Waals surface area contributed by atoms with Gasteiger partial charge < -0.3 is 0 Å². The molecule has 0 saturated heterocycles. The zero-order chi connectivity index (χ0) is 14.0. The van der Waals surface area contributed by atoms with Crippen molar-refractivity contribution in [3.63, 3.8) is 0 Å². The molecule has 0 N–H and O–H groups in total. The van der Waals surface area contributed by atoms with Crippen molar-refractivity contribution in [3.05, 3.63) is 66.3 Å². The fraction of sp³-hybridized carbons (Fsp3) is 0.333. The Morgan fingerprint density at radius 1 is 0.842 bits per heavy atom. The van der Waals surface area contributed by atoms with E-state index in [4.69, 9.17) is 0 Å². The van der Waals surface area contributed by atoms with E-state index in [0.717, 1.165) is 0 Å². The quantitative estimate of drug-likeness (QED) is 0.712. The van der Waals surface area contributed by atoms with Crippen LogP contribution in [0.3, 0.4) is 0 Å². The second kappa shape index (κ2) is 5.66. The number of aryl methyl sites for hydroxylation is 2. The van der Waals surface area contributed by atoms with Crippen LogP contribution < -0.4 is 21.2 Å². The Bertz CT molecular complexity index is 559. The van der Waals surface area contributed by atoms with Gasteiger partial charge in [0.15, 0.2) is 7.14 Å². The van der Waals surface area contributed by atoms with E-state index in [1.54, 1.807) is 0 Å². The Hall–Kier alpha value is -0.830. The average Bonchev–Trinajstić information content (AvgIpc) is 2.33. The molecule has 0 spiro atoms. The largest absolute Gasteiger partial charge is 0.358 e. The highest BCUT2D eigenvalue weighted by Gasteiger charge is 2.21. The molecule has 0 nitrogen and oxygen atoms in total. The smallest absolute Gasteiger partial charge is 0.0561 e. The Balaban J connectivity index is 2.24. The second-order valence-electron chi connectivity index (χ2n) is 6.10. The lowest BCUT2D eigenvalue weighted by Gasteiger charge is -2.19. The van der Waals surface area contributed by atoms with Crippen LogP contribution in [-0.2, 0) is 5.41 Å². The first kappa shape index (κ1) is 14.6. The summed E-state index contributed by atoms with van der Waals surface area (Å²) in [5, 5.41) is 0. The van der Waals surface area contributed by atoms with Crippen LogP contribution in [0.25, 0.3) is 0 Å². The third-order valence-corrected chi connectivity index (χ3v) is 6.38. The predicted molar refractivity (Wildman–Crippen MR) is 78.5 cm³/mol. The maximum atomic E-state index is 2.36. The van der Waals surface area contributed by atoms with Gasteiger partial charge >= 0.3 is 21.2 Å². The van der Waals surface area contributed by atoms with Gasteiger partial charge in [0.25, 0.3) is 0 Å². The minimum Gasteiger partial charge on any atom is -0.0561 e. The van der Waals surface area contributed by atoms with Crippen LogP contribution >= 0.6 is 0 Å². The van der Waals surface area contributed by atoms with Gasteiger partial charge in [0.1, 0.15) is 0 Å². The van der Waals surface area contributed by atoms with E-state index < -0.39 is 0 Å². The summed E-state index contributed by atoms with van der Waals surface area (Å²) >= 11 is -0.0553. The van der Waals surface area contributed by atoms with Gasteiger partial charge in [-0.2, -0.15) is 0 Å². The van der Waals surface area contributed by atoms with Crippen molar-refractivity contribution in [2.24, 2.45) is 0 Å². The van der Waals surface area contributed by atoms with Crippen molar-refractivity contribution in [1.29, 1.82) is 0 Å². The van der Waals surface area contributed by atoms with Crippen molar-refractivity contribution in [3.8, 4) is 0 Å². The molecule has 2 aromatic carbocycles. The maximum absolute atomic E-state index is 2.36. The van der Waals surface area contributed by atoms with E-state index in [2.05, 4.69) is 77.1 Å². The third kappa shape index (κ3) is 3.82. The molecule has 1 heteroatoms. The highest BCUT2D eigenvalue weighted by Crippen LogP contribution is 2.22. The molecule has 0 atom stereocenters. The van der Waals surface area contributed by atoms with E-state index in [1.807, 2.05) is 0 Å². The summed E-state index contributed by atoms with van der Waals surface area (Å²) in [4.78, 5) is 0. The van der Waals surface area contributed by atoms with Crippen LogP contribution in [0.1, 0.15) is 37.5 Å². The first-order valence-corrected chi connectivity index (χ1v) is 8.84. The van der Waals surface area contributed by atoms with E-state index in [0.29, 0.717) is 0 Å². The molecule has 0 radical (unpaired) electrons. The van der Waals surface area contributed by atoms with Crippen molar-refractivity contribution < 1.29 is 21.2 Å². The molecule has 100 valence electrons. The fourth-order valence-corrected chi connectivity index (χ4v) is 4.26. The van der Waals surface area contributed by atoms with Gasteiger partial charge in [0, 0.05) is 5.56 Å². The van der Waals surface area contributed by atoms with Gasteiger partial charge in [0.2, 0.25) is 0 Å². The molecule has 2 rings (SSSR count). The van der Waals surface area contributed by atoms with Crippen LogP contribution in [0.4, 0.5) is 0 Å². The summed E-state index contributed by atoms with van der Waals surface area (Å²) in [6.45, 7) is 11.2.